The van der Waals surface area contributed by atoms with Crippen LogP contribution in [0.15, 0.2) is 36.7 Å². The van der Waals surface area contributed by atoms with Crippen LogP contribution in [0.3, 0.4) is 0 Å². The Morgan fingerprint density at radius 1 is 1.10 bits per heavy atom. The molecule has 0 spiro atoms. The van der Waals surface area contributed by atoms with E-state index >= 15 is 0 Å². The van der Waals surface area contributed by atoms with Gasteiger partial charge in [0.25, 0.3) is 0 Å². The maximum Gasteiger partial charge on any atom is 0.135 e. The Bertz CT molecular complexity index is 587. The van der Waals surface area contributed by atoms with Crippen LogP contribution in [0.1, 0.15) is 5.56 Å². The van der Waals surface area contributed by atoms with E-state index in [1.54, 1.807) is 12.1 Å². The molecule has 102 valence electrons. The van der Waals surface area contributed by atoms with Crippen LogP contribution >= 0.6 is 0 Å². The second-order valence-electron chi connectivity index (χ2n) is 4.13. The fourth-order valence-corrected chi connectivity index (χ4v) is 1.61. The number of nitrogens with zero attached hydrogens (tertiary/aromatic N) is 3. The van der Waals surface area contributed by atoms with Gasteiger partial charge in [-0.25, -0.2) is 9.97 Å². The average molecular weight is 268 g/mol. The number of hydrogen-bond acceptors (Lipinski definition) is 6. The van der Waals surface area contributed by atoms with Crippen LogP contribution in [0.2, 0.25) is 0 Å². The minimum atomic E-state index is 0.632. The molecule has 1 heterocycles. The first-order chi connectivity index (χ1) is 9.81. The van der Waals surface area contributed by atoms with Crippen LogP contribution in [-0.4, -0.2) is 30.1 Å². The van der Waals surface area contributed by atoms with Crippen LogP contribution in [0, 0.1) is 11.3 Å². The standard InChI is InChI=1S/C14H16N6/c1-16-6-7-17-13-8-14(19-10-18-13)20-12-4-2-11(9-15)3-5-12/h2-5,8,10,16H,6-7H2,1H3,(H2,17,18,19,20). The van der Waals surface area contributed by atoms with Gasteiger partial charge in [0, 0.05) is 24.8 Å². The molecule has 1 aromatic carbocycles. The van der Waals surface area contributed by atoms with Crippen LogP contribution in [0.4, 0.5) is 17.3 Å². The highest BCUT2D eigenvalue weighted by atomic mass is 15.1. The number of rotatable bonds is 6. The van der Waals surface area contributed by atoms with E-state index < -0.39 is 0 Å². The summed E-state index contributed by atoms with van der Waals surface area (Å²) in [5.41, 5.74) is 1.51. The van der Waals surface area contributed by atoms with Crippen molar-refractivity contribution in [3.8, 4) is 6.07 Å². The molecule has 6 nitrogen and oxygen atoms in total. The SMILES string of the molecule is CNCCNc1cc(Nc2ccc(C#N)cc2)ncn1. The second kappa shape index (κ2) is 7.07. The normalized spacial score (nSPS) is 9.80. The van der Waals surface area contributed by atoms with Crippen LogP contribution in [0.5, 0.6) is 0 Å². The third kappa shape index (κ3) is 3.93. The van der Waals surface area contributed by atoms with Crippen molar-refractivity contribution in [3.05, 3.63) is 42.2 Å². The van der Waals surface area contributed by atoms with Gasteiger partial charge in [0.2, 0.25) is 0 Å². The van der Waals surface area contributed by atoms with E-state index in [4.69, 9.17) is 5.26 Å². The molecule has 0 fully saturated rings. The van der Waals surface area contributed by atoms with Crippen molar-refractivity contribution in [2.45, 2.75) is 0 Å². The third-order valence-electron chi connectivity index (χ3n) is 2.63. The van der Waals surface area contributed by atoms with Crippen molar-refractivity contribution in [2.75, 3.05) is 30.8 Å². The monoisotopic (exact) mass is 268 g/mol. The number of hydrogen-bond donors (Lipinski definition) is 3. The summed E-state index contributed by atoms with van der Waals surface area (Å²) in [4.78, 5) is 8.31. The lowest BCUT2D eigenvalue weighted by atomic mass is 10.2. The smallest absolute Gasteiger partial charge is 0.135 e. The van der Waals surface area contributed by atoms with E-state index in [1.807, 2.05) is 25.2 Å². The summed E-state index contributed by atoms with van der Waals surface area (Å²) in [7, 11) is 1.90. The van der Waals surface area contributed by atoms with Crippen LogP contribution in [-0.2, 0) is 0 Å². The van der Waals surface area contributed by atoms with E-state index in [9.17, 15) is 0 Å². The van der Waals surface area contributed by atoms with Crippen molar-refractivity contribution >= 4 is 17.3 Å². The zero-order valence-corrected chi connectivity index (χ0v) is 11.2. The lowest BCUT2D eigenvalue weighted by Crippen LogP contribution is -2.18. The number of aromatic nitrogens is 2. The number of likely N-dealkylation sites (N-methyl/N-ethyl adjacent to an activating group) is 1. The Morgan fingerprint density at radius 2 is 1.85 bits per heavy atom. The maximum atomic E-state index is 8.75. The molecule has 0 aliphatic heterocycles. The number of nitrogens with one attached hydrogen (secondary N) is 3. The fraction of sp³-hybridized carbons (Fsp3) is 0.214. The van der Waals surface area contributed by atoms with Crippen molar-refractivity contribution in [1.29, 1.82) is 5.26 Å². The maximum absolute atomic E-state index is 8.75. The highest BCUT2D eigenvalue weighted by Gasteiger charge is 1.99. The molecule has 0 aliphatic rings. The fourth-order valence-electron chi connectivity index (χ4n) is 1.61. The Labute approximate surface area is 117 Å². The van der Waals surface area contributed by atoms with Gasteiger partial charge in [-0.2, -0.15) is 5.26 Å². The van der Waals surface area contributed by atoms with Gasteiger partial charge in [-0.1, -0.05) is 0 Å². The van der Waals surface area contributed by atoms with E-state index in [-0.39, 0.29) is 0 Å². The predicted molar refractivity (Wildman–Crippen MR) is 78.9 cm³/mol. The van der Waals surface area contributed by atoms with E-state index in [0.29, 0.717) is 11.4 Å². The summed E-state index contributed by atoms with van der Waals surface area (Å²) in [5, 5.41) is 18.2. The lowest BCUT2D eigenvalue weighted by Gasteiger charge is -2.08. The van der Waals surface area contributed by atoms with Gasteiger partial charge in [0.1, 0.15) is 18.0 Å². The number of nitriles is 1. The molecule has 2 rings (SSSR count). The largest absolute Gasteiger partial charge is 0.369 e. The predicted octanol–water partition coefficient (Wildman–Crippen LogP) is 1.72. The Morgan fingerprint density at radius 3 is 2.55 bits per heavy atom. The van der Waals surface area contributed by atoms with Gasteiger partial charge in [-0.3, -0.25) is 0 Å². The Kier molecular flexibility index (Phi) is 4.87. The van der Waals surface area contributed by atoms with Crippen molar-refractivity contribution in [3.63, 3.8) is 0 Å². The zero-order chi connectivity index (χ0) is 14.2. The van der Waals surface area contributed by atoms with Crippen molar-refractivity contribution in [2.24, 2.45) is 0 Å². The highest BCUT2D eigenvalue weighted by molar-refractivity contribution is 5.59. The molecule has 1 aromatic heterocycles. The molecule has 20 heavy (non-hydrogen) atoms. The third-order valence-corrected chi connectivity index (χ3v) is 2.63. The first-order valence-corrected chi connectivity index (χ1v) is 6.29. The first kappa shape index (κ1) is 13.8. The molecule has 0 aliphatic carbocycles. The second-order valence-corrected chi connectivity index (χ2v) is 4.13. The summed E-state index contributed by atoms with van der Waals surface area (Å²) >= 11 is 0. The van der Waals surface area contributed by atoms with Crippen LogP contribution in [0.25, 0.3) is 0 Å². The minimum absolute atomic E-state index is 0.632. The molecule has 0 saturated carbocycles. The van der Waals surface area contributed by atoms with Crippen molar-refractivity contribution in [1.82, 2.24) is 15.3 Å². The lowest BCUT2D eigenvalue weighted by molar-refractivity contribution is 0.821. The van der Waals surface area contributed by atoms with E-state index in [2.05, 4.69) is 32.0 Å². The van der Waals surface area contributed by atoms with E-state index in [0.717, 1.165) is 24.6 Å². The molecule has 2 aromatic rings. The average Bonchev–Trinajstić information content (AvgIpc) is 2.49. The van der Waals surface area contributed by atoms with Crippen molar-refractivity contribution < 1.29 is 0 Å². The number of benzene rings is 1. The molecule has 0 radical (unpaired) electrons. The molecule has 0 unspecified atom stereocenters. The van der Waals surface area contributed by atoms with Gasteiger partial charge >= 0.3 is 0 Å². The highest BCUT2D eigenvalue weighted by Crippen LogP contribution is 2.16. The molecule has 0 atom stereocenters. The summed E-state index contributed by atoms with van der Waals surface area (Å²) in [6, 6.07) is 11.1. The Hall–Kier alpha value is -2.65. The van der Waals surface area contributed by atoms with Gasteiger partial charge in [0.15, 0.2) is 0 Å². The molecule has 0 saturated heterocycles. The van der Waals surface area contributed by atoms with Gasteiger partial charge < -0.3 is 16.0 Å². The van der Waals surface area contributed by atoms with E-state index in [1.165, 1.54) is 6.33 Å². The summed E-state index contributed by atoms with van der Waals surface area (Å²) in [6.45, 7) is 1.66. The Balaban J connectivity index is 2.01. The van der Waals surface area contributed by atoms with Crippen LogP contribution < -0.4 is 16.0 Å². The summed E-state index contributed by atoms with van der Waals surface area (Å²) in [5.74, 6) is 1.48. The molecular weight excluding hydrogens is 252 g/mol. The zero-order valence-electron chi connectivity index (χ0n) is 11.2. The molecule has 0 bridgehead atoms. The minimum Gasteiger partial charge on any atom is -0.369 e. The first-order valence-electron chi connectivity index (χ1n) is 6.29. The molecule has 6 heteroatoms. The topological polar surface area (TPSA) is 85.7 Å². The van der Waals surface area contributed by atoms with Gasteiger partial charge in [-0.15, -0.1) is 0 Å². The summed E-state index contributed by atoms with van der Waals surface area (Å²) in [6.07, 6.45) is 1.51. The molecule has 0 amide bonds. The van der Waals surface area contributed by atoms with Gasteiger partial charge in [-0.05, 0) is 31.3 Å². The van der Waals surface area contributed by atoms with Gasteiger partial charge in [0.05, 0.1) is 11.6 Å². The molecule has 3 N–H and O–H groups in total. The quantitative estimate of drug-likeness (QED) is 0.692. The summed E-state index contributed by atoms with van der Waals surface area (Å²) < 4.78 is 0. The number of anilines is 3. The molecular formula is C14H16N6.